The summed E-state index contributed by atoms with van der Waals surface area (Å²) >= 11 is 3.34. The van der Waals surface area contributed by atoms with Crippen LogP contribution in [0, 0.1) is 0 Å². The third-order valence-corrected chi connectivity index (χ3v) is 2.97. The van der Waals surface area contributed by atoms with Gasteiger partial charge in [-0.2, -0.15) is 8.78 Å². The molecule has 1 heterocycles. The van der Waals surface area contributed by atoms with E-state index in [4.69, 9.17) is 0 Å². The van der Waals surface area contributed by atoms with Crippen molar-refractivity contribution in [2.45, 2.75) is 26.4 Å². The van der Waals surface area contributed by atoms with E-state index in [2.05, 4.69) is 42.9 Å². The lowest BCUT2D eigenvalue weighted by Crippen LogP contribution is -2.02. The first kappa shape index (κ1) is 15.6. The lowest BCUT2D eigenvalue weighted by atomic mass is 10.3. The van der Waals surface area contributed by atoms with Crippen LogP contribution >= 0.6 is 15.9 Å². The number of nitrogens with one attached hydrogen (secondary N) is 1. The molecule has 21 heavy (non-hydrogen) atoms. The van der Waals surface area contributed by atoms with E-state index < -0.39 is 6.61 Å². The molecule has 0 saturated carbocycles. The van der Waals surface area contributed by atoms with Crippen LogP contribution in [0.2, 0.25) is 0 Å². The molecule has 0 unspecified atom stereocenters. The number of halogens is 3. The largest absolute Gasteiger partial charge is 0.435 e. The third-order valence-electron chi connectivity index (χ3n) is 2.57. The standard InChI is InChI=1S/C14H14BrF2N3O/c1-2-3-12-19-11(15)8-13(20-12)18-9-4-6-10(7-5-9)21-14(16)17/h4-8,14H,2-3H2,1H3,(H,18,19,20). The number of benzene rings is 1. The molecule has 7 heteroatoms. The number of aryl methyl sites for hydroxylation is 1. The fourth-order valence-corrected chi connectivity index (χ4v) is 2.15. The van der Waals surface area contributed by atoms with E-state index >= 15 is 0 Å². The quantitative estimate of drug-likeness (QED) is 0.771. The number of ether oxygens (including phenoxy) is 1. The Morgan fingerprint density at radius 2 is 1.95 bits per heavy atom. The number of hydrogen-bond acceptors (Lipinski definition) is 4. The van der Waals surface area contributed by atoms with Gasteiger partial charge in [0.25, 0.3) is 0 Å². The molecule has 1 aromatic carbocycles. The van der Waals surface area contributed by atoms with Crippen LogP contribution in [0.3, 0.4) is 0 Å². The monoisotopic (exact) mass is 357 g/mol. The first-order chi connectivity index (χ1) is 10.1. The number of hydrogen-bond donors (Lipinski definition) is 1. The molecular weight excluding hydrogens is 344 g/mol. The van der Waals surface area contributed by atoms with Crippen LogP contribution in [0.1, 0.15) is 19.2 Å². The summed E-state index contributed by atoms with van der Waals surface area (Å²) in [5, 5.41) is 3.10. The van der Waals surface area contributed by atoms with Gasteiger partial charge in [-0.3, -0.25) is 0 Å². The molecule has 0 fully saturated rings. The Hall–Kier alpha value is -1.76. The lowest BCUT2D eigenvalue weighted by molar-refractivity contribution is -0.0498. The van der Waals surface area contributed by atoms with Crippen molar-refractivity contribution in [3.63, 3.8) is 0 Å². The second-order valence-electron chi connectivity index (χ2n) is 4.27. The summed E-state index contributed by atoms with van der Waals surface area (Å²) < 4.78 is 29.1. The summed E-state index contributed by atoms with van der Waals surface area (Å²) in [5.41, 5.74) is 0.727. The van der Waals surface area contributed by atoms with Gasteiger partial charge in [0.05, 0.1) is 0 Å². The minimum absolute atomic E-state index is 0.117. The van der Waals surface area contributed by atoms with Crippen LogP contribution in [0.5, 0.6) is 5.75 Å². The number of alkyl halides is 2. The average molecular weight is 358 g/mol. The van der Waals surface area contributed by atoms with Gasteiger partial charge < -0.3 is 10.1 Å². The molecule has 2 rings (SSSR count). The Kier molecular flexibility index (Phi) is 5.44. The fourth-order valence-electron chi connectivity index (χ4n) is 1.73. The third kappa shape index (κ3) is 4.93. The Morgan fingerprint density at radius 3 is 2.57 bits per heavy atom. The molecule has 112 valence electrons. The molecule has 1 N–H and O–H groups in total. The summed E-state index contributed by atoms with van der Waals surface area (Å²) in [7, 11) is 0. The molecule has 4 nitrogen and oxygen atoms in total. The second kappa shape index (κ2) is 7.31. The summed E-state index contributed by atoms with van der Waals surface area (Å²) in [4.78, 5) is 8.66. The zero-order valence-corrected chi connectivity index (χ0v) is 12.9. The summed E-state index contributed by atoms with van der Waals surface area (Å²) in [6.07, 6.45) is 1.74. The van der Waals surface area contributed by atoms with Crippen LogP contribution < -0.4 is 10.1 Å². The van der Waals surface area contributed by atoms with Crippen LogP contribution in [0.15, 0.2) is 34.9 Å². The molecule has 0 bridgehead atoms. The Bertz CT molecular complexity index is 593. The van der Waals surface area contributed by atoms with Gasteiger partial charge in [0.15, 0.2) is 0 Å². The molecule has 0 atom stereocenters. The number of anilines is 2. The van der Waals surface area contributed by atoms with Gasteiger partial charge >= 0.3 is 6.61 Å². The van der Waals surface area contributed by atoms with Gasteiger partial charge in [0, 0.05) is 18.2 Å². The molecule has 0 radical (unpaired) electrons. The van der Waals surface area contributed by atoms with Gasteiger partial charge in [0.1, 0.15) is 22.0 Å². The van der Waals surface area contributed by atoms with Crippen molar-refractivity contribution >= 4 is 27.4 Å². The molecular formula is C14H14BrF2N3O. The van der Waals surface area contributed by atoms with E-state index in [9.17, 15) is 8.78 Å². The maximum Gasteiger partial charge on any atom is 0.387 e. The first-order valence-corrected chi connectivity index (χ1v) is 7.21. The SMILES string of the molecule is CCCc1nc(Br)cc(Nc2ccc(OC(F)F)cc2)n1. The van der Waals surface area contributed by atoms with Crippen LogP contribution in [0.25, 0.3) is 0 Å². The van der Waals surface area contributed by atoms with Crippen molar-refractivity contribution in [3.05, 3.63) is 40.8 Å². The predicted molar refractivity (Wildman–Crippen MR) is 80.1 cm³/mol. The van der Waals surface area contributed by atoms with Crippen molar-refractivity contribution in [2.75, 3.05) is 5.32 Å². The van der Waals surface area contributed by atoms with Gasteiger partial charge in [-0.1, -0.05) is 6.92 Å². The first-order valence-electron chi connectivity index (χ1n) is 6.42. The van der Waals surface area contributed by atoms with Gasteiger partial charge in [0.2, 0.25) is 0 Å². The molecule has 0 aliphatic heterocycles. The fraction of sp³-hybridized carbons (Fsp3) is 0.286. The van der Waals surface area contributed by atoms with Gasteiger partial charge in [-0.25, -0.2) is 9.97 Å². The minimum atomic E-state index is -2.82. The molecule has 0 saturated heterocycles. The molecule has 2 aromatic rings. The topological polar surface area (TPSA) is 47.0 Å². The van der Waals surface area contributed by atoms with Crippen molar-refractivity contribution in [1.29, 1.82) is 0 Å². The van der Waals surface area contributed by atoms with Crippen molar-refractivity contribution in [2.24, 2.45) is 0 Å². The maximum absolute atomic E-state index is 12.1. The Labute approximate surface area is 129 Å². The smallest absolute Gasteiger partial charge is 0.387 e. The Balaban J connectivity index is 2.10. The highest BCUT2D eigenvalue weighted by molar-refractivity contribution is 9.10. The number of rotatable bonds is 6. The molecule has 0 aliphatic rings. The van der Waals surface area contributed by atoms with Crippen molar-refractivity contribution in [1.82, 2.24) is 9.97 Å². The van der Waals surface area contributed by atoms with E-state index in [-0.39, 0.29) is 5.75 Å². The highest BCUT2D eigenvalue weighted by atomic mass is 79.9. The number of aromatic nitrogens is 2. The minimum Gasteiger partial charge on any atom is -0.435 e. The second-order valence-corrected chi connectivity index (χ2v) is 5.08. The summed E-state index contributed by atoms with van der Waals surface area (Å²) in [5.74, 6) is 1.50. The predicted octanol–water partition coefficient (Wildman–Crippen LogP) is 4.54. The Morgan fingerprint density at radius 1 is 1.24 bits per heavy atom. The molecule has 0 spiro atoms. The highest BCUT2D eigenvalue weighted by Crippen LogP contribution is 2.22. The lowest BCUT2D eigenvalue weighted by Gasteiger charge is -2.09. The van der Waals surface area contributed by atoms with E-state index in [1.54, 1.807) is 18.2 Å². The number of nitrogens with zero attached hydrogens (tertiary/aromatic N) is 2. The molecule has 0 aliphatic carbocycles. The normalized spacial score (nSPS) is 10.7. The molecule has 0 amide bonds. The van der Waals surface area contributed by atoms with Crippen LogP contribution in [-0.4, -0.2) is 16.6 Å². The van der Waals surface area contributed by atoms with Crippen LogP contribution in [0.4, 0.5) is 20.3 Å². The van der Waals surface area contributed by atoms with Gasteiger partial charge in [-0.05, 0) is 46.6 Å². The van der Waals surface area contributed by atoms with Gasteiger partial charge in [-0.15, -0.1) is 0 Å². The zero-order chi connectivity index (χ0) is 15.2. The summed E-state index contributed by atoms with van der Waals surface area (Å²) in [6.45, 7) is -0.766. The van der Waals surface area contributed by atoms with E-state index in [1.807, 2.05) is 0 Å². The van der Waals surface area contributed by atoms with Crippen molar-refractivity contribution in [3.8, 4) is 5.75 Å². The maximum atomic E-state index is 12.1. The van der Waals surface area contributed by atoms with Crippen molar-refractivity contribution < 1.29 is 13.5 Å². The zero-order valence-electron chi connectivity index (χ0n) is 11.3. The highest BCUT2D eigenvalue weighted by Gasteiger charge is 2.05. The van der Waals surface area contributed by atoms with E-state index in [1.165, 1.54) is 12.1 Å². The van der Waals surface area contributed by atoms with E-state index in [0.29, 0.717) is 10.4 Å². The van der Waals surface area contributed by atoms with Crippen LogP contribution in [-0.2, 0) is 6.42 Å². The summed E-state index contributed by atoms with van der Waals surface area (Å²) in [6, 6.07) is 7.98. The van der Waals surface area contributed by atoms with E-state index in [0.717, 1.165) is 24.4 Å². The molecule has 1 aromatic heterocycles. The average Bonchev–Trinajstić information content (AvgIpc) is 2.40.